The van der Waals surface area contributed by atoms with Gasteiger partial charge < -0.3 is 34.2 Å². The molecule has 2 aliphatic carbocycles. The molecule has 67 heavy (non-hydrogen) atoms. The van der Waals surface area contributed by atoms with Gasteiger partial charge in [0.1, 0.15) is 24.1 Å². The Morgan fingerprint density at radius 3 is 2.42 bits per heavy atom. The first-order valence-corrected chi connectivity index (χ1v) is 24.6. The molecule has 0 radical (unpaired) electrons. The Morgan fingerprint density at radius 1 is 0.985 bits per heavy atom. The number of nitro groups is 1. The number of carbonyl (C=O) groups excluding carboxylic acids is 1. The topological polar surface area (TPSA) is 153 Å². The van der Waals surface area contributed by atoms with Crippen LogP contribution in [0.25, 0.3) is 6.08 Å². The lowest BCUT2D eigenvalue weighted by Crippen LogP contribution is -2.70. The van der Waals surface area contributed by atoms with E-state index in [1.54, 1.807) is 36.0 Å². The zero-order valence-corrected chi connectivity index (χ0v) is 39.1. The lowest BCUT2D eigenvalue weighted by Gasteiger charge is -2.60. The van der Waals surface area contributed by atoms with E-state index < -0.39 is 22.7 Å². The molecule has 4 aromatic rings. The fraction of sp³-hybridized carbons (Fsp3) is 0.407. The number of carbonyl (C=O) groups is 1. The maximum Gasteiger partial charge on any atom is 0.269 e. The van der Waals surface area contributed by atoms with Crippen LogP contribution in [0.1, 0.15) is 80.9 Å². The van der Waals surface area contributed by atoms with Gasteiger partial charge in [-0.1, -0.05) is 85.6 Å². The van der Waals surface area contributed by atoms with Crippen molar-refractivity contribution in [1.29, 1.82) is 0 Å². The predicted octanol–water partition coefficient (Wildman–Crippen LogP) is 10.6. The van der Waals surface area contributed by atoms with Gasteiger partial charge in [0.15, 0.2) is 0 Å². The zero-order valence-electron chi connectivity index (χ0n) is 38.3. The van der Waals surface area contributed by atoms with Crippen molar-refractivity contribution in [3.05, 3.63) is 160 Å². The van der Waals surface area contributed by atoms with Gasteiger partial charge in [0.25, 0.3) is 5.69 Å². The van der Waals surface area contributed by atoms with Crippen LogP contribution in [0, 0.1) is 27.9 Å². The van der Waals surface area contributed by atoms with Crippen molar-refractivity contribution >= 4 is 35.1 Å². The highest BCUT2D eigenvalue weighted by Crippen LogP contribution is 2.62. The Bertz CT molecular complexity index is 2340. The van der Waals surface area contributed by atoms with Crippen molar-refractivity contribution in [3.8, 4) is 11.5 Å². The van der Waals surface area contributed by atoms with E-state index in [-0.39, 0.29) is 62.2 Å². The molecular formula is C54H63N3O9S. The number of oxime groups is 1. The second-order valence-corrected chi connectivity index (χ2v) is 18.4. The van der Waals surface area contributed by atoms with E-state index in [1.165, 1.54) is 23.1 Å². The van der Waals surface area contributed by atoms with Crippen LogP contribution in [0.5, 0.6) is 11.5 Å². The molecule has 1 saturated carbocycles. The van der Waals surface area contributed by atoms with E-state index in [2.05, 4.69) is 30.9 Å². The van der Waals surface area contributed by atoms with E-state index in [4.69, 9.17) is 24.2 Å². The molecule has 1 aliphatic heterocycles. The Morgan fingerprint density at radius 2 is 1.72 bits per heavy atom. The molecule has 0 saturated heterocycles. The number of ether oxygens (including phenoxy) is 3. The van der Waals surface area contributed by atoms with Gasteiger partial charge in [0, 0.05) is 66.5 Å². The van der Waals surface area contributed by atoms with Crippen molar-refractivity contribution in [2.45, 2.75) is 87.5 Å². The minimum atomic E-state index is -1.41. The number of unbranched alkanes of at least 4 members (excludes halogenated alkanes) is 2. The van der Waals surface area contributed by atoms with Gasteiger partial charge in [-0.3, -0.25) is 14.9 Å². The van der Waals surface area contributed by atoms with E-state index in [9.17, 15) is 25.1 Å². The quantitative estimate of drug-likeness (QED) is 0.0164. The normalized spacial score (nSPS) is 22.3. The van der Waals surface area contributed by atoms with Gasteiger partial charge in [0.2, 0.25) is 11.7 Å². The minimum Gasteiger partial charge on any atom is -0.493 e. The Hall–Kier alpha value is -5.73. The molecule has 4 aromatic carbocycles. The van der Waals surface area contributed by atoms with E-state index in [0.29, 0.717) is 49.4 Å². The standard InChI is InChI=1S/C54H63N3O9S/c1-3-29-56(51(60)28-23-39-21-24-42(25-22-39)57(61)62)50-37-48(55-65-38-40-15-7-5-8-16-40)46-35-41(17-11-13-30-58)45(20-12-14-31-59)52-47-36-43(63-33-34-67-44-18-9-6-10-19-44)26-27-49(47)66-54(50,53(46)52)64-32-4-2/h4-10,15-16,18-19,21-28,35-36,41,45,50,52-53,58-59H,2-3,11-14,17,20,29-34,37-38H2,1H3/t41-,45+,50-,52+,53+,54+/m0/s1. The fourth-order valence-corrected chi connectivity index (χ4v) is 10.7. The lowest BCUT2D eigenvalue weighted by atomic mass is 9.55. The van der Waals surface area contributed by atoms with Crippen LogP contribution in [-0.4, -0.2) is 82.2 Å². The monoisotopic (exact) mass is 929 g/mol. The van der Waals surface area contributed by atoms with Crippen LogP contribution in [-0.2, 0) is 21.0 Å². The Balaban J connectivity index is 1.36. The number of rotatable bonds is 25. The molecular weight excluding hydrogens is 867 g/mol. The maximum absolute atomic E-state index is 14.8. The second kappa shape index (κ2) is 24.3. The number of aliphatic hydroxyl groups is 2. The van der Waals surface area contributed by atoms with Crippen molar-refractivity contribution in [1.82, 2.24) is 4.90 Å². The molecule has 0 unspecified atom stereocenters. The molecule has 13 heteroatoms. The highest BCUT2D eigenvalue weighted by molar-refractivity contribution is 7.99. The SMILES string of the molecule is C=CCO[C@@]12Oc3ccc(OCCSc4ccccc4)cc3[C@H]3[C@H](CCCCO)[C@@H](CCCCO)C=C(C(=NOCc4ccccc4)C[C@@H]1N(CCC)C(=O)C=Cc1ccc([N+](=O)[O-])cc1)[C@H]32. The third kappa shape index (κ3) is 12.1. The molecule has 7 rings (SSSR count). The first-order valence-electron chi connectivity index (χ1n) is 23.6. The van der Waals surface area contributed by atoms with Gasteiger partial charge in [-0.25, -0.2) is 0 Å². The van der Waals surface area contributed by atoms with Crippen molar-refractivity contribution in [2.24, 2.45) is 22.9 Å². The van der Waals surface area contributed by atoms with Crippen molar-refractivity contribution in [3.63, 3.8) is 0 Å². The van der Waals surface area contributed by atoms with Crippen LogP contribution in [0.15, 0.2) is 144 Å². The number of hydrogen-bond acceptors (Lipinski definition) is 11. The molecule has 0 bridgehead atoms. The maximum atomic E-state index is 14.8. The third-order valence-electron chi connectivity index (χ3n) is 12.9. The van der Waals surface area contributed by atoms with Crippen LogP contribution in [0.3, 0.4) is 0 Å². The highest BCUT2D eigenvalue weighted by atomic mass is 32.2. The van der Waals surface area contributed by atoms with E-state index in [1.807, 2.05) is 72.5 Å². The summed E-state index contributed by atoms with van der Waals surface area (Å²) in [6.07, 6.45) is 12.7. The number of amides is 1. The molecule has 354 valence electrons. The average Bonchev–Trinajstić information content (AvgIpc) is 3.35. The molecule has 1 amide bonds. The number of nitro benzene ring substituents is 1. The molecule has 1 fully saturated rings. The molecule has 2 N–H and O–H groups in total. The summed E-state index contributed by atoms with van der Waals surface area (Å²) < 4.78 is 21.0. The number of hydrogen-bond donors (Lipinski definition) is 2. The van der Waals surface area contributed by atoms with Crippen LogP contribution in [0.4, 0.5) is 5.69 Å². The summed E-state index contributed by atoms with van der Waals surface area (Å²) in [5, 5.41) is 36.3. The van der Waals surface area contributed by atoms with Crippen molar-refractivity contribution < 1.29 is 39.0 Å². The summed E-state index contributed by atoms with van der Waals surface area (Å²) in [6, 6.07) is 31.5. The van der Waals surface area contributed by atoms with Gasteiger partial charge >= 0.3 is 0 Å². The Kier molecular flexibility index (Phi) is 17.9. The minimum absolute atomic E-state index is 0.0347. The largest absolute Gasteiger partial charge is 0.493 e. The number of non-ortho nitro benzene ring substituents is 1. The highest BCUT2D eigenvalue weighted by Gasteiger charge is 2.65. The molecule has 12 nitrogen and oxygen atoms in total. The van der Waals surface area contributed by atoms with Crippen LogP contribution in [0.2, 0.25) is 0 Å². The molecule has 3 aliphatic rings. The van der Waals surface area contributed by atoms with Gasteiger partial charge in [-0.05, 0) is 109 Å². The number of fused-ring (bicyclic) bond motifs is 2. The number of thioether (sulfide) groups is 1. The smallest absolute Gasteiger partial charge is 0.269 e. The summed E-state index contributed by atoms with van der Waals surface area (Å²) in [5.74, 6) is -0.0999. The van der Waals surface area contributed by atoms with Gasteiger partial charge in [-0.2, -0.15) is 0 Å². The number of aliphatic hydroxyl groups excluding tert-OH is 2. The molecule has 0 aromatic heterocycles. The van der Waals surface area contributed by atoms with E-state index >= 15 is 0 Å². The molecule has 0 spiro atoms. The van der Waals surface area contributed by atoms with Crippen molar-refractivity contribution in [2.75, 3.05) is 38.7 Å². The van der Waals surface area contributed by atoms with Crippen LogP contribution < -0.4 is 9.47 Å². The fourth-order valence-electron chi connectivity index (χ4n) is 9.96. The van der Waals surface area contributed by atoms with Crippen LogP contribution >= 0.6 is 11.8 Å². The van der Waals surface area contributed by atoms with E-state index in [0.717, 1.165) is 53.9 Å². The zero-order chi connectivity index (χ0) is 47.0. The summed E-state index contributed by atoms with van der Waals surface area (Å²) in [5.41, 5.74) is 4.22. The number of benzene rings is 4. The average molecular weight is 930 g/mol. The number of allylic oxidation sites excluding steroid dienone is 1. The third-order valence-corrected chi connectivity index (χ3v) is 13.9. The molecule has 6 atom stereocenters. The predicted molar refractivity (Wildman–Crippen MR) is 263 cm³/mol. The number of nitrogens with zero attached hydrogens (tertiary/aromatic N) is 3. The Labute approximate surface area is 398 Å². The summed E-state index contributed by atoms with van der Waals surface area (Å²) in [6.45, 7) is 7.52. The first kappa shape index (κ1) is 49.2. The summed E-state index contributed by atoms with van der Waals surface area (Å²) >= 11 is 1.74. The van der Waals surface area contributed by atoms with Gasteiger partial charge in [-0.15, -0.1) is 18.3 Å². The summed E-state index contributed by atoms with van der Waals surface area (Å²) in [4.78, 5) is 35.0. The molecule has 1 heterocycles. The lowest BCUT2D eigenvalue weighted by molar-refractivity contribution is -0.384. The first-order chi connectivity index (χ1) is 32.8. The second-order valence-electron chi connectivity index (χ2n) is 17.3. The van der Waals surface area contributed by atoms with Gasteiger partial charge in [0.05, 0.1) is 29.8 Å². The summed E-state index contributed by atoms with van der Waals surface area (Å²) in [7, 11) is 0.